The standard InChI is InChI=1S/C17H26NO.BrH/c1-5-6-7-12-16(19)18-13(2)17(3,4)14-10-8-9-11-15(14)18;/h8-11,16,19H,5-7,12H2,1-4H3;1H/q+1;/p-1/t16-;/m1./s1. The molecule has 0 spiro atoms. The van der Waals surface area contributed by atoms with E-state index >= 15 is 0 Å². The van der Waals surface area contributed by atoms with Crippen molar-refractivity contribution in [1.82, 2.24) is 0 Å². The summed E-state index contributed by atoms with van der Waals surface area (Å²) in [5.41, 5.74) is 3.76. The van der Waals surface area contributed by atoms with Gasteiger partial charge in [-0.1, -0.05) is 38.0 Å². The van der Waals surface area contributed by atoms with Gasteiger partial charge in [-0.2, -0.15) is 4.58 Å². The van der Waals surface area contributed by atoms with Gasteiger partial charge in [0.2, 0.25) is 5.69 Å². The minimum Gasteiger partial charge on any atom is -1.00 e. The monoisotopic (exact) mass is 339 g/mol. The van der Waals surface area contributed by atoms with E-state index in [9.17, 15) is 5.11 Å². The predicted octanol–water partition coefficient (Wildman–Crippen LogP) is 0.985. The van der Waals surface area contributed by atoms with Crippen molar-refractivity contribution in [1.29, 1.82) is 0 Å². The molecule has 0 amide bonds. The van der Waals surface area contributed by atoms with Crippen molar-refractivity contribution in [3.63, 3.8) is 0 Å². The second-order valence-corrected chi connectivity index (χ2v) is 6.07. The van der Waals surface area contributed by atoms with Crippen LogP contribution in [0.15, 0.2) is 24.3 Å². The fraction of sp³-hybridized carbons (Fsp3) is 0.588. The average molecular weight is 340 g/mol. The molecule has 1 N–H and O–H groups in total. The molecule has 0 saturated heterocycles. The van der Waals surface area contributed by atoms with Gasteiger partial charge in [0.1, 0.15) is 0 Å². The number of hydrogen-bond donors (Lipinski definition) is 1. The number of aliphatic hydroxyl groups is 1. The minimum atomic E-state index is -0.394. The average Bonchev–Trinajstić information content (AvgIpc) is 2.59. The highest BCUT2D eigenvalue weighted by atomic mass is 79.9. The molecule has 1 aliphatic rings. The third-order valence-corrected chi connectivity index (χ3v) is 4.47. The van der Waals surface area contributed by atoms with Gasteiger partial charge in [-0.05, 0) is 20.3 Å². The molecule has 1 aromatic carbocycles. The van der Waals surface area contributed by atoms with Gasteiger partial charge in [0.25, 0.3) is 6.23 Å². The summed E-state index contributed by atoms with van der Waals surface area (Å²) >= 11 is 0. The van der Waals surface area contributed by atoms with Gasteiger partial charge in [0.15, 0.2) is 5.71 Å². The van der Waals surface area contributed by atoms with E-state index in [4.69, 9.17) is 0 Å². The Morgan fingerprint density at radius 2 is 1.85 bits per heavy atom. The number of unbranched alkanes of at least 4 members (excludes halogenated alkanes) is 2. The zero-order valence-corrected chi connectivity index (χ0v) is 14.6. The first-order valence-corrected chi connectivity index (χ1v) is 7.41. The Labute approximate surface area is 133 Å². The maximum absolute atomic E-state index is 10.5. The number of benzene rings is 1. The predicted molar refractivity (Wildman–Crippen MR) is 80.2 cm³/mol. The van der Waals surface area contributed by atoms with Gasteiger partial charge >= 0.3 is 0 Å². The van der Waals surface area contributed by atoms with E-state index in [1.165, 1.54) is 29.8 Å². The Morgan fingerprint density at radius 3 is 2.50 bits per heavy atom. The summed E-state index contributed by atoms with van der Waals surface area (Å²) in [7, 11) is 0. The summed E-state index contributed by atoms with van der Waals surface area (Å²) in [5.74, 6) is 0. The molecule has 0 fully saturated rings. The van der Waals surface area contributed by atoms with Crippen molar-refractivity contribution >= 4 is 11.4 Å². The highest BCUT2D eigenvalue weighted by Gasteiger charge is 2.44. The van der Waals surface area contributed by atoms with Crippen LogP contribution in [0, 0.1) is 0 Å². The largest absolute Gasteiger partial charge is 1.00 e. The summed E-state index contributed by atoms with van der Waals surface area (Å²) in [4.78, 5) is 0. The second kappa shape index (κ2) is 6.86. The van der Waals surface area contributed by atoms with Crippen molar-refractivity contribution in [3.05, 3.63) is 29.8 Å². The van der Waals surface area contributed by atoms with E-state index in [1.54, 1.807) is 0 Å². The molecule has 0 aromatic heterocycles. The van der Waals surface area contributed by atoms with Gasteiger partial charge in [-0.3, -0.25) is 0 Å². The van der Waals surface area contributed by atoms with Crippen LogP contribution in [-0.2, 0) is 5.41 Å². The molecule has 0 radical (unpaired) electrons. The Morgan fingerprint density at radius 1 is 1.20 bits per heavy atom. The molecule has 20 heavy (non-hydrogen) atoms. The molecule has 2 nitrogen and oxygen atoms in total. The molecule has 0 bridgehead atoms. The number of aliphatic hydroxyl groups excluding tert-OH is 1. The number of nitrogens with zero attached hydrogens (tertiary/aromatic N) is 1. The fourth-order valence-electron chi connectivity index (χ4n) is 2.98. The third kappa shape index (κ3) is 2.99. The van der Waals surface area contributed by atoms with E-state index in [-0.39, 0.29) is 22.4 Å². The SMILES string of the molecule is CCCCC[C@@H](O)[N+]1=C(C)C(C)(C)c2ccccc21.[Br-]. The van der Waals surface area contributed by atoms with Crippen molar-refractivity contribution in [3.8, 4) is 0 Å². The molecule has 1 aromatic rings. The molecular formula is C17H26BrNO. The van der Waals surface area contributed by atoms with Crippen LogP contribution < -0.4 is 17.0 Å². The molecule has 0 unspecified atom stereocenters. The van der Waals surface area contributed by atoms with Crippen LogP contribution in [0.3, 0.4) is 0 Å². The number of para-hydroxylation sites is 1. The van der Waals surface area contributed by atoms with Gasteiger partial charge in [0, 0.05) is 25.0 Å². The zero-order valence-electron chi connectivity index (χ0n) is 13.0. The lowest BCUT2D eigenvalue weighted by Crippen LogP contribution is -3.00. The van der Waals surface area contributed by atoms with Gasteiger partial charge in [-0.15, -0.1) is 0 Å². The first-order chi connectivity index (χ1) is 9.00. The zero-order chi connectivity index (χ0) is 14.0. The van der Waals surface area contributed by atoms with E-state index in [0.717, 1.165) is 12.8 Å². The molecular weight excluding hydrogens is 314 g/mol. The first kappa shape index (κ1) is 17.4. The van der Waals surface area contributed by atoms with E-state index < -0.39 is 6.23 Å². The van der Waals surface area contributed by atoms with Gasteiger partial charge in [0.05, 0.1) is 5.41 Å². The maximum atomic E-state index is 10.5. The fourth-order valence-corrected chi connectivity index (χ4v) is 2.98. The third-order valence-electron chi connectivity index (χ3n) is 4.47. The van der Waals surface area contributed by atoms with Crippen molar-refractivity contribution in [2.75, 3.05) is 0 Å². The Hall–Kier alpha value is -0.670. The second-order valence-electron chi connectivity index (χ2n) is 6.07. The van der Waals surface area contributed by atoms with Gasteiger partial charge in [-0.25, -0.2) is 0 Å². The topological polar surface area (TPSA) is 23.2 Å². The number of fused-ring (bicyclic) bond motifs is 1. The summed E-state index contributed by atoms with van der Waals surface area (Å²) in [6, 6.07) is 8.44. The first-order valence-electron chi connectivity index (χ1n) is 7.41. The van der Waals surface area contributed by atoms with Crippen LogP contribution in [0.2, 0.25) is 0 Å². The highest BCUT2D eigenvalue weighted by molar-refractivity contribution is 5.93. The smallest absolute Gasteiger partial charge is 0.260 e. The summed E-state index contributed by atoms with van der Waals surface area (Å²) < 4.78 is 2.13. The molecule has 0 saturated carbocycles. The van der Waals surface area contributed by atoms with Crippen molar-refractivity contribution in [2.24, 2.45) is 0 Å². The van der Waals surface area contributed by atoms with Crippen LogP contribution in [0.5, 0.6) is 0 Å². The van der Waals surface area contributed by atoms with E-state index in [0.29, 0.717) is 0 Å². The van der Waals surface area contributed by atoms with Gasteiger partial charge < -0.3 is 22.1 Å². The molecule has 112 valence electrons. The van der Waals surface area contributed by atoms with Crippen LogP contribution in [0.25, 0.3) is 0 Å². The molecule has 0 aliphatic carbocycles. The lowest BCUT2D eigenvalue weighted by molar-refractivity contribution is -0.537. The van der Waals surface area contributed by atoms with E-state index in [1.807, 2.05) is 0 Å². The Balaban J connectivity index is 0.00000200. The molecule has 3 heteroatoms. The summed E-state index contributed by atoms with van der Waals surface area (Å²) in [6.45, 7) is 8.81. The summed E-state index contributed by atoms with van der Waals surface area (Å²) in [6.07, 6.45) is 3.92. The normalized spacial score (nSPS) is 17.6. The van der Waals surface area contributed by atoms with Crippen LogP contribution in [-0.4, -0.2) is 21.6 Å². The molecule has 2 rings (SSSR count). The maximum Gasteiger partial charge on any atom is 0.260 e. The highest BCUT2D eigenvalue weighted by Crippen LogP contribution is 2.40. The number of halogens is 1. The van der Waals surface area contributed by atoms with Crippen LogP contribution in [0.1, 0.15) is 58.9 Å². The molecule has 1 heterocycles. The Kier molecular flexibility index (Phi) is 5.96. The van der Waals surface area contributed by atoms with Crippen molar-refractivity contribution < 1.29 is 26.7 Å². The number of hydrogen-bond acceptors (Lipinski definition) is 1. The number of rotatable bonds is 5. The van der Waals surface area contributed by atoms with E-state index in [2.05, 4.69) is 56.5 Å². The summed E-state index contributed by atoms with van der Waals surface area (Å²) in [5, 5.41) is 10.5. The minimum absolute atomic E-state index is 0. The van der Waals surface area contributed by atoms with Crippen LogP contribution >= 0.6 is 0 Å². The van der Waals surface area contributed by atoms with Crippen molar-refractivity contribution in [2.45, 2.75) is 65.0 Å². The molecule has 1 aliphatic heterocycles. The lowest BCUT2D eigenvalue weighted by atomic mass is 9.82. The Bertz CT molecular complexity index is 494. The van der Waals surface area contributed by atoms with Crippen LogP contribution in [0.4, 0.5) is 5.69 Å². The lowest BCUT2D eigenvalue weighted by Gasteiger charge is -2.14. The molecule has 1 atom stereocenters. The quantitative estimate of drug-likeness (QED) is 0.627.